The summed E-state index contributed by atoms with van der Waals surface area (Å²) in [6.07, 6.45) is 1.26. The van der Waals surface area contributed by atoms with Crippen LogP contribution in [0.2, 0.25) is 0 Å². The molecule has 1 rings (SSSR count). The minimum Gasteiger partial charge on any atom is -0.459 e. The van der Waals surface area contributed by atoms with E-state index in [0.717, 1.165) is 6.29 Å². The van der Waals surface area contributed by atoms with Crippen LogP contribution in [-0.4, -0.2) is 30.6 Å². The molecular weight excluding hydrogens is 184 g/mol. The lowest BCUT2D eigenvalue weighted by molar-refractivity contribution is -0.149. The van der Waals surface area contributed by atoms with E-state index >= 15 is 0 Å². The zero-order valence-corrected chi connectivity index (χ0v) is 8.30. The molecule has 0 aromatic heterocycles. The summed E-state index contributed by atoms with van der Waals surface area (Å²) < 4.78 is 10.1. The molecule has 4 atom stereocenters. The molecule has 78 valence electrons. The minimum atomic E-state index is -0.429. The molecule has 0 aromatic rings. The molecule has 0 N–H and O–H groups in total. The minimum absolute atomic E-state index is 0.0196. The van der Waals surface area contributed by atoms with Gasteiger partial charge in [0.1, 0.15) is 18.3 Å². The Morgan fingerprint density at radius 2 is 2.29 bits per heavy atom. The SMILES string of the molecule is C=C[C@@H](C)[C@@H](OC(C)=O)C1OC1C=O. The lowest BCUT2D eigenvalue weighted by Gasteiger charge is -2.18. The van der Waals surface area contributed by atoms with Crippen LogP contribution in [0.15, 0.2) is 12.7 Å². The highest BCUT2D eigenvalue weighted by Crippen LogP contribution is 2.30. The first-order chi connectivity index (χ1) is 6.60. The number of ether oxygens (including phenoxy) is 2. The highest BCUT2D eigenvalue weighted by Gasteiger charge is 2.48. The van der Waals surface area contributed by atoms with Crippen molar-refractivity contribution in [1.29, 1.82) is 0 Å². The Morgan fingerprint density at radius 3 is 2.64 bits per heavy atom. The van der Waals surface area contributed by atoms with E-state index in [1.54, 1.807) is 6.08 Å². The summed E-state index contributed by atoms with van der Waals surface area (Å²) in [5.41, 5.74) is 0. The number of aldehydes is 1. The van der Waals surface area contributed by atoms with E-state index in [1.165, 1.54) is 6.92 Å². The Labute approximate surface area is 82.9 Å². The predicted octanol–water partition coefficient (Wildman–Crippen LogP) is 0.706. The number of esters is 1. The van der Waals surface area contributed by atoms with Crippen molar-refractivity contribution in [2.45, 2.75) is 32.2 Å². The van der Waals surface area contributed by atoms with Gasteiger partial charge in [-0.2, -0.15) is 0 Å². The van der Waals surface area contributed by atoms with Gasteiger partial charge in [0.05, 0.1) is 0 Å². The Bertz CT molecular complexity index is 249. The fourth-order valence-electron chi connectivity index (χ4n) is 1.31. The van der Waals surface area contributed by atoms with Crippen molar-refractivity contribution in [3.8, 4) is 0 Å². The molecule has 1 aliphatic rings. The summed E-state index contributed by atoms with van der Waals surface area (Å²) in [7, 11) is 0. The smallest absolute Gasteiger partial charge is 0.303 e. The molecule has 4 heteroatoms. The average Bonchev–Trinajstić information content (AvgIpc) is 2.91. The van der Waals surface area contributed by atoms with Gasteiger partial charge < -0.3 is 14.3 Å². The summed E-state index contributed by atoms with van der Waals surface area (Å²) in [6, 6.07) is 0. The van der Waals surface area contributed by atoms with Gasteiger partial charge in [-0.05, 0) is 0 Å². The molecule has 0 aromatic carbocycles. The lowest BCUT2D eigenvalue weighted by Crippen LogP contribution is -2.30. The number of hydrogen-bond acceptors (Lipinski definition) is 4. The topological polar surface area (TPSA) is 55.9 Å². The maximum atomic E-state index is 10.8. The van der Waals surface area contributed by atoms with Crippen molar-refractivity contribution in [2.24, 2.45) is 5.92 Å². The second-order valence-corrected chi connectivity index (χ2v) is 3.37. The summed E-state index contributed by atoms with van der Waals surface area (Å²) >= 11 is 0. The van der Waals surface area contributed by atoms with E-state index in [4.69, 9.17) is 9.47 Å². The van der Waals surface area contributed by atoms with Gasteiger partial charge in [-0.15, -0.1) is 6.58 Å². The van der Waals surface area contributed by atoms with E-state index in [9.17, 15) is 9.59 Å². The van der Waals surface area contributed by atoms with Crippen LogP contribution in [0.1, 0.15) is 13.8 Å². The molecule has 1 saturated heterocycles. The van der Waals surface area contributed by atoms with Gasteiger partial charge >= 0.3 is 5.97 Å². The first-order valence-electron chi connectivity index (χ1n) is 4.50. The highest BCUT2D eigenvalue weighted by atomic mass is 16.6. The molecule has 0 spiro atoms. The molecule has 0 bridgehead atoms. The Morgan fingerprint density at radius 1 is 1.64 bits per heavy atom. The largest absolute Gasteiger partial charge is 0.459 e. The second-order valence-electron chi connectivity index (χ2n) is 3.37. The molecule has 1 aliphatic heterocycles. The van der Waals surface area contributed by atoms with E-state index in [0.29, 0.717) is 0 Å². The van der Waals surface area contributed by atoms with Gasteiger partial charge in [-0.25, -0.2) is 0 Å². The zero-order chi connectivity index (χ0) is 10.7. The predicted molar refractivity (Wildman–Crippen MR) is 49.6 cm³/mol. The maximum Gasteiger partial charge on any atom is 0.303 e. The van der Waals surface area contributed by atoms with Gasteiger partial charge in [0.25, 0.3) is 0 Å². The number of rotatable bonds is 5. The van der Waals surface area contributed by atoms with Crippen molar-refractivity contribution < 1.29 is 19.1 Å². The molecule has 0 aliphatic carbocycles. The monoisotopic (exact) mass is 198 g/mol. The zero-order valence-electron chi connectivity index (χ0n) is 8.30. The van der Waals surface area contributed by atoms with Gasteiger partial charge in [-0.3, -0.25) is 4.79 Å². The van der Waals surface area contributed by atoms with Gasteiger partial charge in [0.2, 0.25) is 0 Å². The molecular formula is C10H14O4. The van der Waals surface area contributed by atoms with Crippen molar-refractivity contribution in [3.63, 3.8) is 0 Å². The number of epoxide rings is 1. The summed E-state index contributed by atoms with van der Waals surface area (Å²) in [5, 5.41) is 0. The van der Waals surface area contributed by atoms with E-state index in [1.807, 2.05) is 6.92 Å². The second kappa shape index (κ2) is 4.37. The summed E-state index contributed by atoms with van der Waals surface area (Å²) in [6.45, 7) is 6.81. The standard InChI is InChI=1S/C10H14O4/c1-4-6(2)9(13-7(3)12)10-8(5-11)14-10/h4-6,8-10H,1H2,2-3H3/t6-,8?,9-,10?/m1/s1. The fourth-order valence-corrected chi connectivity index (χ4v) is 1.31. The van der Waals surface area contributed by atoms with Crippen molar-refractivity contribution in [2.75, 3.05) is 0 Å². The molecule has 0 radical (unpaired) electrons. The third-order valence-electron chi connectivity index (χ3n) is 2.21. The quantitative estimate of drug-likeness (QED) is 0.282. The van der Waals surface area contributed by atoms with Crippen LogP contribution in [0.4, 0.5) is 0 Å². The first kappa shape index (κ1) is 10.9. The lowest BCUT2D eigenvalue weighted by atomic mass is 10.0. The molecule has 2 unspecified atom stereocenters. The van der Waals surface area contributed by atoms with Crippen molar-refractivity contribution >= 4 is 12.3 Å². The van der Waals surface area contributed by atoms with Crippen molar-refractivity contribution in [3.05, 3.63) is 12.7 Å². The van der Waals surface area contributed by atoms with Crippen LogP contribution >= 0.6 is 0 Å². The van der Waals surface area contributed by atoms with Crippen LogP contribution in [-0.2, 0) is 19.1 Å². The van der Waals surface area contributed by atoms with Crippen molar-refractivity contribution in [1.82, 2.24) is 0 Å². The van der Waals surface area contributed by atoms with Crippen LogP contribution in [0.25, 0.3) is 0 Å². The Kier molecular flexibility index (Phi) is 3.41. The Hall–Kier alpha value is -1.16. The molecule has 0 saturated carbocycles. The number of carbonyl (C=O) groups excluding carboxylic acids is 2. The summed E-state index contributed by atoms with van der Waals surface area (Å²) in [4.78, 5) is 21.2. The summed E-state index contributed by atoms with van der Waals surface area (Å²) in [5.74, 6) is -0.391. The maximum absolute atomic E-state index is 10.8. The third-order valence-corrected chi connectivity index (χ3v) is 2.21. The van der Waals surface area contributed by atoms with Gasteiger partial charge in [-0.1, -0.05) is 13.0 Å². The van der Waals surface area contributed by atoms with E-state index in [2.05, 4.69) is 6.58 Å². The fraction of sp³-hybridized carbons (Fsp3) is 0.600. The first-order valence-corrected chi connectivity index (χ1v) is 4.50. The average molecular weight is 198 g/mol. The third kappa shape index (κ3) is 2.42. The number of carbonyl (C=O) groups is 2. The van der Waals surface area contributed by atoms with Crippen LogP contribution < -0.4 is 0 Å². The van der Waals surface area contributed by atoms with Gasteiger partial charge in [0, 0.05) is 12.8 Å². The molecule has 0 amide bonds. The molecule has 14 heavy (non-hydrogen) atoms. The molecule has 1 heterocycles. The van der Waals surface area contributed by atoms with Crippen LogP contribution in [0.3, 0.4) is 0 Å². The molecule has 4 nitrogen and oxygen atoms in total. The van der Waals surface area contributed by atoms with E-state index < -0.39 is 12.2 Å². The van der Waals surface area contributed by atoms with Gasteiger partial charge in [0.15, 0.2) is 6.29 Å². The molecule has 1 fully saturated rings. The van der Waals surface area contributed by atoms with Crippen LogP contribution in [0, 0.1) is 5.92 Å². The number of hydrogen-bond donors (Lipinski definition) is 0. The Balaban J connectivity index is 2.58. The highest BCUT2D eigenvalue weighted by molar-refractivity contribution is 5.67. The normalized spacial score (nSPS) is 28.7. The van der Waals surface area contributed by atoms with Crippen LogP contribution in [0.5, 0.6) is 0 Å². The van der Waals surface area contributed by atoms with E-state index in [-0.39, 0.29) is 18.0 Å².